The van der Waals surface area contributed by atoms with Gasteiger partial charge in [-0.15, -0.1) is 0 Å². The Hall–Kier alpha value is -1.18. The number of nitrogens with zero attached hydrogens (tertiary/aromatic N) is 2. The van der Waals surface area contributed by atoms with E-state index in [2.05, 4.69) is 10.1 Å². The second-order valence-electron chi connectivity index (χ2n) is 5.03. The summed E-state index contributed by atoms with van der Waals surface area (Å²) in [6, 6.07) is -0.262. The Labute approximate surface area is 112 Å². The molecule has 0 saturated carbocycles. The largest absolute Gasteiger partial charge is 0.468 e. The van der Waals surface area contributed by atoms with Crippen molar-refractivity contribution in [1.29, 1.82) is 0 Å². The summed E-state index contributed by atoms with van der Waals surface area (Å²) < 4.78 is 4.62. The van der Waals surface area contributed by atoms with E-state index in [9.17, 15) is 14.7 Å². The van der Waals surface area contributed by atoms with Gasteiger partial charge in [0.2, 0.25) is 5.91 Å². The summed E-state index contributed by atoms with van der Waals surface area (Å²) in [5, 5.41) is 12.4. The minimum Gasteiger partial charge on any atom is -0.468 e. The molecule has 0 radical (unpaired) electrons. The van der Waals surface area contributed by atoms with Crippen LogP contribution < -0.4 is 5.32 Å². The number of esters is 1. The topological polar surface area (TPSA) is 82.1 Å². The van der Waals surface area contributed by atoms with Crippen molar-refractivity contribution in [1.82, 2.24) is 15.1 Å². The van der Waals surface area contributed by atoms with E-state index in [-0.39, 0.29) is 24.5 Å². The number of piperazine rings is 1. The average molecular weight is 271 g/mol. The normalized spacial score (nSPS) is 28.4. The number of amides is 1. The molecule has 108 valence electrons. The average Bonchev–Trinajstić information content (AvgIpc) is 2.85. The Morgan fingerprint density at radius 1 is 1.32 bits per heavy atom. The summed E-state index contributed by atoms with van der Waals surface area (Å²) in [7, 11) is 1.37. The van der Waals surface area contributed by atoms with Gasteiger partial charge in [-0.3, -0.25) is 14.5 Å². The zero-order valence-corrected chi connectivity index (χ0v) is 11.2. The third-order valence-corrected chi connectivity index (χ3v) is 3.67. The van der Waals surface area contributed by atoms with Crippen molar-refractivity contribution in [2.24, 2.45) is 0 Å². The molecule has 2 aliphatic heterocycles. The van der Waals surface area contributed by atoms with Crippen molar-refractivity contribution in [3.8, 4) is 0 Å². The first-order valence-electron chi connectivity index (χ1n) is 6.59. The Morgan fingerprint density at radius 2 is 2.00 bits per heavy atom. The van der Waals surface area contributed by atoms with Gasteiger partial charge in [0.05, 0.1) is 25.8 Å². The summed E-state index contributed by atoms with van der Waals surface area (Å²) in [6.07, 6.45) is 0.0656. The molecule has 2 unspecified atom stereocenters. The van der Waals surface area contributed by atoms with Crippen LogP contribution in [0.1, 0.15) is 6.42 Å². The molecule has 19 heavy (non-hydrogen) atoms. The highest BCUT2D eigenvalue weighted by Crippen LogP contribution is 2.11. The molecule has 7 heteroatoms. The minimum absolute atomic E-state index is 0.0502. The van der Waals surface area contributed by atoms with Crippen LogP contribution in [-0.4, -0.2) is 85.3 Å². The summed E-state index contributed by atoms with van der Waals surface area (Å²) in [6.45, 7) is 3.35. The first kappa shape index (κ1) is 14.2. The van der Waals surface area contributed by atoms with Crippen molar-refractivity contribution in [3.05, 3.63) is 0 Å². The molecule has 0 aromatic carbocycles. The number of methoxy groups -OCH3 is 1. The molecule has 2 fully saturated rings. The van der Waals surface area contributed by atoms with Gasteiger partial charge < -0.3 is 20.1 Å². The number of carbonyl (C=O) groups is 2. The van der Waals surface area contributed by atoms with E-state index in [0.29, 0.717) is 39.1 Å². The first-order valence-corrected chi connectivity index (χ1v) is 6.59. The van der Waals surface area contributed by atoms with Gasteiger partial charge in [0.1, 0.15) is 0 Å². The lowest BCUT2D eigenvalue weighted by Crippen LogP contribution is -2.53. The summed E-state index contributed by atoms with van der Waals surface area (Å²) in [4.78, 5) is 27.1. The van der Waals surface area contributed by atoms with Gasteiger partial charge in [-0.1, -0.05) is 0 Å². The highest BCUT2D eigenvalue weighted by molar-refractivity contribution is 5.82. The van der Waals surface area contributed by atoms with Gasteiger partial charge in [0.25, 0.3) is 0 Å². The highest BCUT2D eigenvalue weighted by atomic mass is 16.5. The van der Waals surface area contributed by atoms with E-state index >= 15 is 0 Å². The molecule has 2 atom stereocenters. The molecule has 2 saturated heterocycles. The van der Waals surface area contributed by atoms with E-state index in [4.69, 9.17) is 0 Å². The maximum Gasteiger partial charge on any atom is 0.319 e. The van der Waals surface area contributed by atoms with E-state index in [1.165, 1.54) is 7.11 Å². The van der Waals surface area contributed by atoms with Gasteiger partial charge in [-0.2, -0.15) is 0 Å². The number of ether oxygens (including phenoxy) is 1. The predicted molar refractivity (Wildman–Crippen MR) is 67.5 cm³/mol. The molecular weight excluding hydrogens is 250 g/mol. The fourth-order valence-electron chi connectivity index (χ4n) is 2.50. The number of rotatable bonds is 3. The lowest BCUT2D eigenvalue weighted by molar-refractivity contribution is -0.143. The molecule has 2 rings (SSSR count). The smallest absolute Gasteiger partial charge is 0.319 e. The molecular formula is C12H21N3O4. The number of nitrogens with one attached hydrogen (secondary N) is 1. The summed E-state index contributed by atoms with van der Waals surface area (Å²) >= 11 is 0. The fraction of sp³-hybridized carbons (Fsp3) is 0.833. The lowest BCUT2D eigenvalue weighted by atomic mass is 10.1. The standard InChI is InChI=1S/C12H21N3O4/c1-19-11(17)8-14-2-4-15(5-3-14)12(18)10-6-9(16)7-13-10/h9-10,13,16H,2-8H2,1H3. The number of hydrogen-bond donors (Lipinski definition) is 2. The maximum atomic E-state index is 12.2. The molecule has 2 heterocycles. The first-order chi connectivity index (χ1) is 9.10. The van der Waals surface area contributed by atoms with Gasteiger partial charge in [0, 0.05) is 32.7 Å². The van der Waals surface area contributed by atoms with Crippen LogP contribution in [0.15, 0.2) is 0 Å². The maximum absolute atomic E-state index is 12.2. The second kappa shape index (κ2) is 6.31. The summed E-state index contributed by atoms with van der Waals surface area (Å²) in [5.74, 6) is -0.199. The second-order valence-corrected chi connectivity index (χ2v) is 5.03. The van der Waals surface area contributed by atoms with Crippen LogP contribution in [0.3, 0.4) is 0 Å². The van der Waals surface area contributed by atoms with Crippen molar-refractivity contribution >= 4 is 11.9 Å². The number of hydrogen-bond acceptors (Lipinski definition) is 6. The van der Waals surface area contributed by atoms with Crippen LogP contribution in [0, 0.1) is 0 Å². The SMILES string of the molecule is COC(=O)CN1CCN(C(=O)C2CC(O)CN2)CC1. The van der Waals surface area contributed by atoms with Gasteiger partial charge in [0.15, 0.2) is 0 Å². The van der Waals surface area contributed by atoms with Crippen LogP contribution in [0.4, 0.5) is 0 Å². The van der Waals surface area contributed by atoms with E-state index in [1.807, 2.05) is 4.90 Å². The number of β-amino-alcohol motifs (C(OH)–C–C–N with tert-alkyl or cyclic N) is 1. The van der Waals surface area contributed by atoms with Crippen molar-refractivity contribution in [3.63, 3.8) is 0 Å². The highest BCUT2D eigenvalue weighted by Gasteiger charge is 2.32. The molecule has 2 aliphatic rings. The monoisotopic (exact) mass is 271 g/mol. The quantitative estimate of drug-likeness (QED) is 0.579. The predicted octanol–water partition coefficient (Wildman–Crippen LogP) is -1.97. The third kappa shape index (κ3) is 3.65. The summed E-state index contributed by atoms with van der Waals surface area (Å²) in [5.41, 5.74) is 0. The third-order valence-electron chi connectivity index (χ3n) is 3.67. The van der Waals surface area contributed by atoms with Gasteiger partial charge in [-0.25, -0.2) is 0 Å². The van der Waals surface area contributed by atoms with Gasteiger partial charge >= 0.3 is 5.97 Å². The lowest BCUT2D eigenvalue weighted by Gasteiger charge is -2.35. The van der Waals surface area contributed by atoms with Crippen LogP contribution in [-0.2, 0) is 14.3 Å². The number of aliphatic hydroxyl groups excluding tert-OH is 1. The van der Waals surface area contributed by atoms with E-state index in [1.54, 1.807) is 4.90 Å². The molecule has 0 spiro atoms. The molecule has 0 aliphatic carbocycles. The molecule has 1 amide bonds. The van der Waals surface area contributed by atoms with Gasteiger partial charge in [-0.05, 0) is 6.42 Å². The van der Waals surface area contributed by atoms with E-state index < -0.39 is 6.10 Å². The van der Waals surface area contributed by atoms with E-state index in [0.717, 1.165) is 0 Å². The van der Waals surface area contributed by atoms with Crippen molar-refractivity contribution in [2.45, 2.75) is 18.6 Å². The molecule has 0 bridgehead atoms. The van der Waals surface area contributed by atoms with Crippen molar-refractivity contribution in [2.75, 3.05) is 46.4 Å². The Morgan fingerprint density at radius 3 is 2.53 bits per heavy atom. The zero-order valence-electron chi connectivity index (χ0n) is 11.2. The number of aliphatic hydroxyl groups is 1. The molecule has 2 N–H and O–H groups in total. The van der Waals surface area contributed by atoms with Crippen molar-refractivity contribution < 1.29 is 19.4 Å². The fourth-order valence-corrected chi connectivity index (χ4v) is 2.50. The Kier molecular flexibility index (Phi) is 4.73. The van der Waals surface area contributed by atoms with Crippen LogP contribution in [0.5, 0.6) is 0 Å². The van der Waals surface area contributed by atoms with Crippen LogP contribution in [0.2, 0.25) is 0 Å². The Bertz CT molecular complexity index is 342. The molecule has 7 nitrogen and oxygen atoms in total. The Balaban J connectivity index is 1.76. The molecule has 0 aromatic heterocycles. The van der Waals surface area contributed by atoms with Crippen LogP contribution >= 0.6 is 0 Å². The number of carbonyl (C=O) groups excluding carboxylic acids is 2. The zero-order chi connectivity index (χ0) is 13.8. The molecule has 0 aromatic rings. The van der Waals surface area contributed by atoms with Crippen LogP contribution in [0.25, 0.3) is 0 Å². The minimum atomic E-state index is -0.422.